The van der Waals surface area contributed by atoms with Crippen LogP contribution in [-0.4, -0.2) is 15.2 Å². The maximum atomic E-state index is 5.83. The van der Waals surface area contributed by atoms with E-state index in [1.165, 1.54) is 5.39 Å². The van der Waals surface area contributed by atoms with Gasteiger partial charge in [0, 0.05) is 40.0 Å². The molecule has 0 amide bonds. The van der Waals surface area contributed by atoms with Crippen LogP contribution in [0.15, 0.2) is 24.3 Å². The second-order valence-corrected chi connectivity index (χ2v) is 4.55. The summed E-state index contributed by atoms with van der Waals surface area (Å²) in [4.78, 5) is 3.39. The predicted molar refractivity (Wildman–Crippen MR) is 73.2 cm³/mol. The molecule has 2 heterocycles. The van der Waals surface area contributed by atoms with E-state index >= 15 is 0 Å². The van der Waals surface area contributed by atoms with Crippen LogP contribution < -0.4 is 5.73 Å². The zero-order chi connectivity index (χ0) is 12.7. The van der Waals surface area contributed by atoms with Gasteiger partial charge in [-0.1, -0.05) is 18.2 Å². The Morgan fingerprint density at radius 1 is 1.17 bits per heavy atom. The van der Waals surface area contributed by atoms with E-state index in [2.05, 4.69) is 34.2 Å². The fraction of sp³-hybridized carbons (Fsp3) is 0.214. The topological polar surface area (TPSA) is 70.5 Å². The number of nitrogens with one attached hydrogen (secondary N) is 2. The van der Waals surface area contributed by atoms with Crippen LogP contribution >= 0.6 is 0 Å². The summed E-state index contributed by atoms with van der Waals surface area (Å²) in [6.45, 7) is 4.57. The Labute approximate surface area is 105 Å². The summed E-state index contributed by atoms with van der Waals surface area (Å²) in [5.41, 5.74) is 12.3. The van der Waals surface area contributed by atoms with Crippen LogP contribution in [-0.2, 0) is 6.54 Å². The number of para-hydroxylation sites is 1. The van der Waals surface area contributed by atoms with Gasteiger partial charge in [0.15, 0.2) is 0 Å². The van der Waals surface area contributed by atoms with Crippen molar-refractivity contribution in [1.82, 2.24) is 15.2 Å². The summed E-state index contributed by atoms with van der Waals surface area (Å²) in [6, 6.07) is 8.26. The van der Waals surface area contributed by atoms with E-state index in [4.69, 9.17) is 5.73 Å². The monoisotopic (exact) mass is 240 g/mol. The van der Waals surface area contributed by atoms with E-state index in [1.54, 1.807) is 0 Å². The molecule has 0 saturated carbocycles. The average Bonchev–Trinajstić information content (AvgIpc) is 2.88. The van der Waals surface area contributed by atoms with Crippen LogP contribution in [0.4, 0.5) is 0 Å². The van der Waals surface area contributed by atoms with Gasteiger partial charge in [-0.15, -0.1) is 0 Å². The summed E-state index contributed by atoms with van der Waals surface area (Å²) in [5.74, 6) is 0. The van der Waals surface area contributed by atoms with Gasteiger partial charge in [0.2, 0.25) is 0 Å². The molecule has 0 saturated heterocycles. The fourth-order valence-electron chi connectivity index (χ4n) is 2.49. The van der Waals surface area contributed by atoms with Crippen LogP contribution in [0.2, 0.25) is 0 Å². The molecule has 0 fully saturated rings. The molecular weight excluding hydrogens is 224 g/mol. The van der Waals surface area contributed by atoms with Crippen molar-refractivity contribution in [1.29, 1.82) is 0 Å². The third-order valence-electron chi connectivity index (χ3n) is 3.41. The molecule has 0 bridgehead atoms. The molecule has 4 heteroatoms. The predicted octanol–water partition coefficient (Wildman–Crippen LogP) is 2.63. The molecule has 0 aliphatic heterocycles. The number of aromatic amines is 2. The molecule has 1 aromatic carbocycles. The number of hydrogen-bond acceptors (Lipinski definition) is 2. The Kier molecular flexibility index (Phi) is 2.45. The quantitative estimate of drug-likeness (QED) is 0.644. The summed E-state index contributed by atoms with van der Waals surface area (Å²) >= 11 is 0. The van der Waals surface area contributed by atoms with E-state index in [0.717, 1.165) is 33.7 Å². The van der Waals surface area contributed by atoms with Crippen molar-refractivity contribution in [2.24, 2.45) is 5.73 Å². The molecule has 92 valence electrons. The highest BCUT2D eigenvalue weighted by Gasteiger charge is 2.17. The summed E-state index contributed by atoms with van der Waals surface area (Å²) < 4.78 is 0. The van der Waals surface area contributed by atoms with E-state index < -0.39 is 0 Å². The molecule has 2 aromatic heterocycles. The minimum Gasteiger partial charge on any atom is -0.358 e. The molecule has 0 atom stereocenters. The molecule has 3 rings (SSSR count). The van der Waals surface area contributed by atoms with Crippen molar-refractivity contribution in [2.75, 3.05) is 0 Å². The second-order valence-electron chi connectivity index (χ2n) is 4.55. The first-order chi connectivity index (χ1) is 8.72. The number of rotatable bonds is 2. The minimum absolute atomic E-state index is 0.497. The molecule has 0 radical (unpaired) electrons. The van der Waals surface area contributed by atoms with Crippen LogP contribution in [0.25, 0.3) is 22.2 Å². The molecule has 4 N–H and O–H groups in total. The van der Waals surface area contributed by atoms with Crippen LogP contribution in [0.5, 0.6) is 0 Å². The van der Waals surface area contributed by atoms with Crippen LogP contribution in [0, 0.1) is 13.8 Å². The Hall–Kier alpha value is -2.07. The number of H-pyrrole nitrogens is 2. The largest absolute Gasteiger partial charge is 0.358 e. The van der Waals surface area contributed by atoms with Crippen LogP contribution in [0.3, 0.4) is 0 Å². The fourth-order valence-corrected chi connectivity index (χ4v) is 2.49. The number of nitrogens with two attached hydrogens (primary N) is 1. The third-order valence-corrected chi connectivity index (χ3v) is 3.41. The smallest absolute Gasteiger partial charge is 0.0992 e. The summed E-state index contributed by atoms with van der Waals surface area (Å²) in [5, 5.41) is 8.63. The standard InChI is InChI=1S/C14H16N4/c1-8-11(7-15)14(18-17-8)13-9(2)16-12-6-4-3-5-10(12)13/h3-6,16H,7,15H2,1-2H3,(H,17,18). The third kappa shape index (κ3) is 1.46. The van der Waals surface area contributed by atoms with Crippen molar-refractivity contribution in [3.05, 3.63) is 41.2 Å². The van der Waals surface area contributed by atoms with Gasteiger partial charge in [-0.25, -0.2) is 0 Å². The molecule has 0 spiro atoms. The zero-order valence-corrected chi connectivity index (χ0v) is 10.5. The lowest BCUT2D eigenvalue weighted by Crippen LogP contribution is -1.99. The summed E-state index contributed by atoms with van der Waals surface area (Å²) in [7, 11) is 0. The van der Waals surface area contributed by atoms with Gasteiger partial charge >= 0.3 is 0 Å². The maximum absolute atomic E-state index is 5.83. The molecule has 0 aliphatic carbocycles. The van der Waals surface area contributed by atoms with Crippen LogP contribution in [0.1, 0.15) is 17.0 Å². The van der Waals surface area contributed by atoms with E-state index in [9.17, 15) is 0 Å². The highest BCUT2D eigenvalue weighted by Crippen LogP contribution is 2.33. The number of hydrogen-bond donors (Lipinski definition) is 3. The Morgan fingerprint density at radius 3 is 2.72 bits per heavy atom. The van der Waals surface area contributed by atoms with E-state index in [0.29, 0.717) is 6.54 Å². The lowest BCUT2D eigenvalue weighted by molar-refractivity contribution is 1.03. The lowest BCUT2D eigenvalue weighted by Gasteiger charge is -2.01. The SMILES string of the molecule is Cc1[nH]nc(-c2c(C)[nH]c3ccccc23)c1CN. The zero-order valence-electron chi connectivity index (χ0n) is 10.5. The number of fused-ring (bicyclic) bond motifs is 1. The molecule has 0 unspecified atom stereocenters. The van der Waals surface area contributed by atoms with Gasteiger partial charge in [0.25, 0.3) is 0 Å². The Morgan fingerprint density at radius 2 is 1.94 bits per heavy atom. The minimum atomic E-state index is 0.497. The number of benzene rings is 1. The van der Waals surface area contributed by atoms with Gasteiger partial charge in [0.1, 0.15) is 0 Å². The molecule has 3 aromatic rings. The first kappa shape index (κ1) is 11.0. The van der Waals surface area contributed by atoms with Gasteiger partial charge in [-0.3, -0.25) is 5.10 Å². The second kappa shape index (κ2) is 3.99. The maximum Gasteiger partial charge on any atom is 0.0992 e. The van der Waals surface area contributed by atoms with Gasteiger partial charge in [-0.2, -0.15) is 5.10 Å². The number of aromatic nitrogens is 3. The van der Waals surface area contributed by atoms with E-state index in [1.807, 2.05) is 19.1 Å². The van der Waals surface area contributed by atoms with E-state index in [-0.39, 0.29) is 0 Å². The first-order valence-electron chi connectivity index (χ1n) is 6.04. The number of aryl methyl sites for hydroxylation is 2. The van der Waals surface area contributed by atoms with Gasteiger partial charge in [-0.05, 0) is 19.9 Å². The van der Waals surface area contributed by atoms with Crippen molar-refractivity contribution >= 4 is 10.9 Å². The van der Waals surface area contributed by atoms with Crippen molar-refractivity contribution in [3.63, 3.8) is 0 Å². The van der Waals surface area contributed by atoms with Gasteiger partial charge < -0.3 is 10.7 Å². The highest BCUT2D eigenvalue weighted by atomic mass is 15.1. The van der Waals surface area contributed by atoms with Crippen molar-refractivity contribution < 1.29 is 0 Å². The summed E-state index contributed by atoms with van der Waals surface area (Å²) in [6.07, 6.45) is 0. The molecule has 18 heavy (non-hydrogen) atoms. The first-order valence-corrected chi connectivity index (χ1v) is 6.04. The van der Waals surface area contributed by atoms with Crippen molar-refractivity contribution in [2.45, 2.75) is 20.4 Å². The normalized spacial score (nSPS) is 11.3. The Balaban J connectivity index is 2.34. The molecule has 0 aliphatic rings. The van der Waals surface area contributed by atoms with Crippen molar-refractivity contribution in [3.8, 4) is 11.3 Å². The molecular formula is C14H16N4. The Bertz CT molecular complexity index is 706. The van der Waals surface area contributed by atoms with Gasteiger partial charge in [0.05, 0.1) is 5.69 Å². The molecule has 4 nitrogen and oxygen atoms in total. The lowest BCUT2D eigenvalue weighted by atomic mass is 10.0. The average molecular weight is 240 g/mol. The number of nitrogens with zero attached hydrogens (tertiary/aromatic N) is 1. The highest BCUT2D eigenvalue weighted by molar-refractivity contribution is 5.97.